The fraction of sp³-hybridized carbons (Fsp3) is 0.200. The summed E-state index contributed by atoms with van der Waals surface area (Å²) in [5.41, 5.74) is 0.834. The molecule has 2 aromatic carbocycles. The predicted octanol–water partition coefficient (Wildman–Crippen LogP) is 5.52. The van der Waals surface area contributed by atoms with Crippen LogP contribution in [0.1, 0.15) is 21.5 Å². The quantitative estimate of drug-likeness (QED) is 0.506. The van der Waals surface area contributed by atoms with E-state index in [0.717, 1.165) is 23.3 Å². The molecule has 20 heavy (non-hydrogen) atoms. The molecule has 0 amide bonds. The summed E-state index contributed by atoms with van der Waals surface area (Å²) >= 11 is 3.42. The van der Waals surface area contributed by atoms with Crippen molar-refractivity contribution >= 4 is 15.9 Å². The van der Waals surface area contributed by atoms with Crippen LogP contribution < -0.4 is 0 Å². The third-order valence-corrected chi connectivity index (χ3v) is 3.76. The molecule has 0 aromatic heterocycles. The van der Waals surface area contributed by atoms with Crippen LogP contribution >= 0.6 is 15.9 Å². The van der Waals surface area contributed by atoms with Gasteiger partial charge < -0.3 is 0 Å². The van der Waals surface area contributed by atoms with Crippen molar-refractivity contribution in [2.75, 3.05) is 0 Å². The maximum Gasteiger partial charge on any atom is 0.416 e. The third kappa shape index (κ3) is 3.82. The molecule has 0 heterocycles. The highest BCUT2D eigenvalue weighted by Crippen LogP contribution is 2.32. The fourth-order valence-electron chi connectivity index (χ4n) is 1.87. The SMILES string of the molecule is Fc1cccc(CC(Br)c2ccc(C(F)(F)F)cc2)c1. The minimum absolute atomic E-state index is 0.161. The Hall–Kier alpha value is -1.36. The Balaban J connectivity index is 2.11. The van der Waals surface area contributed by atoms with Gasteiger partial charge in [0.05, 0.1) is 5.56 Å². The number of alkyl halides is 4. The smallest absolute Gasteiger partial charge is 0.207 e. The van der Waals surface area contributed by atoms with Crippen molar-refractivity contribution < 1.29 is 17.6 Å². The van der Waals surface area contributed by atoms with E-state index >= 15 is 0 Å². The molecule has 0 aliphatic rings. The minimum atomic E-state index is -4.33. The van der Waals surface area contributed by atoms with E-state index in [0.29, 0.717) is 6.42 Å². The zero-order valence-corrected chi connectivity index (χ0v) is 11.9. The molecule has 0 aliphatic heterocycles. The lowest BCUT2D eigenvalue weighted by Crippen LogP contribution is -2.05. The van der Waals surface area contributed by atoms with Gasteiger partial charge in [0.25, 0.3) is 0 Å². The second-order valence-corrected chi connectivity index (χ2v) is 5.53. The van der Waals surface area contributed by atoms with Gasteiger partial charge in [0, 0.05) is 4.83 Å². The van der Waals surface area contributed by atoms with Crippen molar-refractivity contribution in [2.24, 2.45) is 0 Å². The summed E-state index contributed by atoms with van der Waals surface area (Å²) in [6.07, 6.45) is -3.83. The zero-order valence-electron chi connectivity index (χ0n) is 10.3. The van der Waals surface area contributed by atoms with Gasteiger partial charge in [0.15, 0.2) is 0 Å². The van der Waals surface area contributed by atoms with Crippen LogP contribution in [0, 0.1) is 5.82 Å². The minimum Gasteiger partial charge on any atom is -0.207 e. The van der Waals surface area contributed by atoms with Crippen molar-refractivity contribution in [3.8, 4) is 0 Å². The summed E-state index contributed by atoms with van der Waals surface area (Å²) in [7, 11) is 0. The molecule has 0 saturated heterocycles. The van der Waals surface area contributed by atoms with Crippen molar-refractivity contribution in [1.29, 1.82) is 0 Å². The van der Waals surface area contributed by atoms with E-state index in [2.05, 4.69) is 15.9 Å². The summed E-state index contributed by atoms with van der Waals surface area (Å²) in [5, 5.41) is 0. The van der Waals surface area contributed by atoms with Crippen LogP contribution in [0.2, 0.25) is 0 Å². The molecule has 1 atom stereocenters. The summed E-state index contributed by atoms with van der Waals surface area (Å²) in [6.45, 7) is 0. The summed E-state index contributed by atoms with van der Waals surface area (Å²) in [4.78, 5) is -0.161. The van der Waals surface area contributed by atoms with Gasteiger partial charge in [-0.1, -0.05) is 40.2 Å². The highest BCUT2D eigenvalue weighted by molar-refractivity contribution is 9.09. The van der Waals surface area contributed by atoms with E-state index in [-0.39, 0.29) is 10.6 Å². The molecule has 0 aliphatic carbocycles. The molecule has 2 rings (SSSR count). The van der Waals surface area contributed by atoms with Crippen molar-refractivity contribution in [2.45, 2.75) is 17.4 Å². The van der Waals surface area contributed by atoms with Gasteiger partial charge in [0.1, 0.15) is 5.82 Å². The average molecular weight is 347 g/mol. The van der Waals surface area contributed by atoms with Gasteiger partial charge in [-0.15, -0.1) is 0 Å². The standard InChI is InChI=1S/C15H11BrF4/c16-14(9-10-2-1-3-13(17)8-10)11-4-6-12(7-5-11)15(18,19)20/h1-8,14H,9H2. The molecular formula is C15H11BrF4. The summed E-state index contributed by atoms with van der Waals surface area (Å²) in [6, 6.07) is 11.1. The van der Waals surface area contributed by atoms with Crippen LogP contribution in [0.25, 0.3) is 0 Å². The number of hydrogen-bond donors (Lipinski definition) is 0. The van der Waals surface area contributed by atoms with E-state index in [4.69, 9.17) is 0 Å². The molecule has 106 valence electrons. The Morgan fingerprint density at radius 3 is 2.20 bits per heavy atom. The van der Waals surface area contributed by atoms with Gasteiger partial charge in [-0.25, -0.2) is 4.39 Å². The summed E-state index contributed by atoms with van der Waals surface area (Å²) < 4.78 is 50.4. The molecule has 0 bridgehead atoms. The lowest BCUT2D eigenvalue weighted by molar-refractivity contribution is -0.137. The Morgan fingerprint density at radius 1 is 1.00 bits per heavy atom. The maximum atomic E-state index is 13.1. The van der Waals surface area contributed by atoms with Crippen LogP contribution in [0.15, 0.2) is 48.5 Å². The van der Waals surface area contributed by atoms with E-state index in [1.165, 1.54) is 24.3 Å². The lowest BCUT2D eigenvalue weighted by Gasteiger charge is -2.12. The maximum absolute atomic E-state index is 13.1. The molecule has 0 N–H and O–H groups in total. The number of hydrogen-bond acceptors (Lipinski definition) is 0. The highest BCUT2D eigenvalue weighted by atomic mass is 79.9. The van der Waals surface area contributed by atoms with Crippen LogP contribution in [-0.2, 0) is 12.6 Å². The Kier molecular flexibility index (Phi) is 4.48. The van der Waals surface area contributed by atoms with Crippen LogP contribution in [-0.4, -0.2) is 0 Å². The van der Waals surface area contributed by atoms with Crippen LogP contribution in [0.3, 0.4) is 0 Å². The molecule has 0 fully saturated rings. The van der Waals surface area contributed by atoms with Crippen molar-refractivity contribution in [3.63, 3.8) is 0 Å². The van der Waals surface area contributed by atoms with Gasteiger partial charge >= 0.3 is 6.18 Å². The largest absolute Gasteiger partial charge is 0.416 e. The van der Waals surface area contributed by atoms with E-state index in [1.54, 1.807) is 12.1 Å². The predicted molar refractivity (Wildman–Crippen MR) is 73.2 cm³/mol. The number of halogens is 5. The first-order chi connectivity index (χ1) is 9.36. The molecule has 0 radical (unpaired) electrons. The molecule has 0 spiro atoms. The molecule has 2 aromatic rings. The Labute approximate surface area is 122 Å². The molecule has 0 nitrogen and oxygen atoms in total. The normalized spacial score (nSPS) is 13.2. The number of rotatable bonds is 3. The van der Waals surface area contributed by atoms with E-state index in [9.17, 15) is 17.6 Å². The van der Waals surface area contributed by atoms with Crippen molar-refractivity contribution in [3.05, 3.63) is 71.0 Å². The first-order valence-corrected chi connectivity index (χ1v) is 6.83. The monoisotopic (exact) mass is 346 g/mol. The molecule has 0 saturated carbocycles. The average Bonchev–Trinajstić information content (AvgIpc) is 2.38. The van der Waals surface area contributed by atoms with Gasteiger partial charge in [-0.05, 0) is 41.8 Å². The van der Waals surface area contributed by atoms with Gasteiger partial charge in [0.2, 0.25) is 0 Å². The third-order valence-electron chi connectivity index (χ3n) is 2.90. The lowest BCUT2D eigenvalue weighted by atomic mass is 10.0. The summed E-state index contributed by atoms with van der Waals surface area (Å²) in [5.74, 6) is -0.324. The van der Waals surface area contributed by atoms with Gasteiger partial charge in [-0.2, -0.15) is 13.2 Å². The molecular weight excluding hydrogens is 336 g/mol. The highest BCUT2D eigenvalue weighted by Gasteiger charge is 2.30. The van der Waals surface area contributed by atoms with E-state index < -0.39 is 11.7 Å². The number of benzene rings is 2. The van der Waals surface area contributed by atoms with Crippen LogP contribution in [0.4, 0.5) is 17.6 Å². The van der Waals surface area contributed by atoms with E-state index in [1.807, 2.05) is 0 Å². The van der Waals surface area contributed by atoms with Gasteiger partial charge in [-0.3, -0.25) is 0 Å². The van der Waals surface area contributed by atoms with Crippen LogP contribution in [0.5, 0.6) is 0 Å². The first kappa shape index (κ1) is 15.0. The first-order valence-electron chi connectivity index (χ1n) is 5.92. The zero-order chi connectivity index (χ0) is 14.8. The fourth-order valence-corrected chi connectivity index (χ4v) is 2.55. The molecule has 5 heteroatoms. The Bertz CT molecular complexity index is 575. The van der Waals surface area contributed by atoms with Crippen molar-refractivity contribution in [1.82, 2.24) is 0 Å². The second-order valence-electron chi connectivity index (χ2n) is 4.42. The Morgan fingerprint density at radius 2 is 1.65 bits per heavy atom. The molecule has 1 unspecified atom stereocenters. The second kappa shape index (κ2) is 5.95. The topological polar surface area (TPSA) is 0 Å².